The molecule has 4 heteroatoms. The Bertz CT molecular complexity index is 1880. The second kappa shape index (κ2) is 12.6. The van der Waals surface area contributed by atoms with Gasteiger partial charge >= 0.3 is 0 Å². The van der Waals surface area contributed by atoms with Gasteiger partial charge in [-0.2, -0.15) is 0 Å². The Balaban J connectivity index is 0.000000167. The van der Waals surface area contributed by atoms with E-state index in [9.17, 15) is 0 Å². The monoisotopic (exact) mass is 736 g/mol. The Kier molecular flexibility index (Phi) is 8.82. The molecule has 6 aromatic rings. The van der Waals surface area contributed by atoms with Crippen LogP contribution in [0.15, 0.2) is 110 Å². The summed E-state index contributed by atoms with van der Waals surface area (Å²) in [5.41, 5.74) is 15.3. The minimum atomic E-state index is 0. The molecule has 0 atom stereocenters. The van der Waals surface area contributed by atoms with Gasteiger partial charge in [0.2, 0.25) is 0 Å². The molecule has 0 aliphatic heterocycles. The molecule has 3 heterocycles. The molecule has 0 unspecified atom stereocenters. The smallest absolute Gasteiger partial charge is 0.0207 e. The van der Waals surface area contributed by atoms with Crippen molar-refractivity contribution in [2.75, 3.05) is 0 Å². The van der Waals surface area contributed by atoms with E-state index in [0.717, 1.165) is 22.5 Å². The van der Waals surface area contributed by atoms with E-state index in [-0.39, 0.29) is 25.5 Å². The van der Waals surface area contributed by atoms with Gasteiger partial charge in [0.15, 0.2) is 0 Å². The molecule has 0 N–H and O–H groups in total. The minimum Gasteiger partial charge on any atom is -0.360 e. The third-order valence-corrected chi connectivity index (χ3v) is 8.24. The zero-order valence-corrected chi connectivity index (χ0v) is 27.5. The number of pyridine rings is 3. The largest absolute Gasteiger partial charge is 0.360 e. The van der Waals surface area contributed by atoms with E-state index in [1.165, 1.54) is 50.1 Å². The molecule has 1 aliphatic carbocycles. The van der Waals surface area contributed by atoms with Crippen LogP contribution in [0.4, 0.5) is 0 Å². The first kappa shape index (κ1) is 30.2. The van der Waals surface area contributed by atoms with Crippen LogP contribution in [0.25, 0.3) is 44.8 Å². The van der Waals surface area contributed by atoms with Crippen molar-refractivity contribution in [2.24, 2.45) is 0 Å². The molecule has 0 amide bonds. The van der Waals surface area contributed by atoms with E-state index in [0.29, 0.717) is 0 Å². The average Bonchev–Trinajstić information content (AvgIpc) is 3.26. The maximum absolute atomic E-state index is 4.63. The third-order valence-electron chi connectivity index (χ3n) is 8.24. The summed E-state index contributed by atoms with van der Waals surface area (Å²) in [4.78, 5) is 13.2. The quantitative estimate of drug-likeness (QED) is 0.170. The molecular weight excluding hydrogens is 703 g/mol. The molecule has 3 nitrogen and oxygen atoms in total. The number of hydrogen-bond donors (Lipinski definition) is 0. The van der Waals surface area contributed by atoms with Crippen molar-refractivity contribution in [3.63, 3.8) is 0 Å². The maximum Gasteiger partial charge on any atom is 0.0207 e. The Morgan fingerprint density at radius 2 is 1.33 bits per heavy atom. The van der Waals surface area contributed by atoms with Gasteiger partial charge in [-0.05, 0) is 64.8 Å². The summed E-state index contributed by atoms with van der Waals surface area (Å²) in [5, 5.41) is 0. The van der Waals surface area contributed by atoms with Crippen molar-refractivity contribution in [3.05, 3.63) is 150 Å². The van der Waals surface area contributed by atoms with E-state index in [1.54, 1.807) is 6.20 Å². The normalized spacial score (nSPS) is 12.3. The van der Waals surface area contributed by atoms with Crippen molar-refractivity contribution < 1.29 is 20.1 Å². The molecule has 7 rings (SSSR count). The Morgan fingerprint density at radius 1 is 0.605 bits per heavy atom. The molecule has 0 saturated carbocycles. The first-order valence-electron chi connectivity index (χ1n) is 14.3. The van der Waals surface area contributed by atoms with Gasteiger partial charge in [0, 0.05) is 37.9 Å². The number of benzene rings is 3. The zero-order chi connectivity index (χ0) is 29.3. The standard InChI is InChI=1S/C20H18N.C19H15N2.Ir/c1-14-9-10-18(20-11-15(2)16(3)13-21-20)12-19(14)17-7-5-4-6-8-17;1-19(2)16-8-4-3-7-14(16)15-10-18(21-12-17(15)19)13-6-5-9-20-11-13;/h4-9,11-13H,1-3H3;3-10,12H,1-2H3;/q2*-1;. The van der Waals surface area contributed by atoms with Crippen LogP contribution in [0.2, 0.25) is 0 Å². The molecule has 1 aliphatic rings. The number of aryl methyl sites for hydroxylation is 3. The summed E-state index contributed by atoms with van der Waals surface area (Å²) in [6.07, 6.45) is 8.68. The number of rotatable bonds is 3. The van der Waals surface area contributed by atoms with Gasteiger partial charge in [-0.1, -0.05) is 105 Å². The summed E-state index contributed by atoms with van der Waals surface area (Å²) in [7, 11) is 0. The summed E-state index contributed by atoms with van der Waals surface area (Å²) in [6, 6.07) is 34.9. The first-order valence-corrected chi connectivity index (χ1v) is 14.3. The van der Waals surface area contributed by atoms with Gasteiger partial charge in [0.25, 0.3) is 0 Å². The van der Waals surface area contributed by atoms with Crippen LogP contribution in [0.1, 0.15) is 41.7 Å². The van der Waals surface area contributed by atoms with Gasteiger partial charge in [-0.15, -0.1) is 47.0 Å². The van der Waals surface area contributed by atoms with Crippen molar-refractivity contribution in [3.8, 4) is 44.8 Å². The van der Waals surface area contributed by atoms with Crippen LogP contribution < -0.4 is 0 Å². The topological polar surface area (TPSA) is 38.7 Å². The van der Waals surface area contributed by atoms with E-state index < -0.39 is 0 Å². The van der Waals surface area contributed by atoms with Crippen LogP contribution >= 0.6 is 0 Å². The maximum atomic E-state index is 4.63. The van der Waals surface area contributed by atoms with Gasteiger partial charge in [0.1, 0.15) is 0 Å². The number of hydrogen-bond acceptors (Lipinski definition) is 3. The predicted molar refractivity (Wildman–Crippen MR) is 172 cm³/mol. The van der Waals surface area contributed by atoms with E-state index in [4.69, 9.17) is 0 Å². The number of aromatic nitrogens is 3. The Hall–Kier alpha value is -4.24. The van der Waals surface area contributed by atoms with Crippen molar-refractivity contribution in [1.82, 2.24) is 15.0 Å². The molecule has 0 saturated heterocycles. The first-order chi connectivity index (χ1) is 20.3. The van der Waals surface area contributed by atoms with Gasteiger partial charge < -0.3 is 15.0 Å². The minimum absolute atomic E-state index is 0. The van der Waals surface area contributed by atoms with Crippen LogP contribution in [0.5, 0.6) is 0 Å². The summed E-state index contributed by atoms with van der Waals surface area (Å²) < 4.78 is 0. The van der Waals surface area contributed by atoms with Gasteiger partial charge in [0.05, 0.1) is 0 Å². The second-order valence-corrected chi connectivity index (χ2v) is 11.4. The van der Waals surface area contributed by atoms with Crippen LogP contribution in [-0.4, -0.2) is 15.0 Å². The predicted octanol–water partition coefficient (Wildman–Crippen LogP) is 9.39. The van der Waals surface area contributed by atoms with Crippen molar-refractivity contribution >= 4 is 0 Å². The van der Waals surface area contributed by atoms with Crippen LogP contribution in [0, 0.1) is 33.0 Å². The molecule has 0 bridgehead atoms. The van der Waals surface area contributed by atoms with Gasteiger partial charge in [-0.25, -0.2) is 0 Å². The average molecular weight is 736 g/mol. The molecule has 3 aromatic heterocycles. The van der Waals surface area contributed by atoms with Crippen LogP contribution in [0.3, 0.4) is 0 Å². The number of fused-ring (bicyclic) bond motifs is 3. The zero-order valence-electron chi connectivity index (χ0n) is 25.1. The molecular formula is C39H33IrN3-2. The fraction of sp³-hybridized carbons (Fsp3) is 0.154. The summed E-state index contributed by atoms with van der Waals surface area (Å²) >= 11 is 0. The molecule has 0 fully saturated rings. The molecule has 1 radical (unpaired) electrons. The molecule has 215 valence electrons. The van der Waals surface area contributed by atoms with E-state index in [1.807, 2.05) is 30.6 Å². The fourth-order valence-electron chi connectivity index (χ4n) is 5.61. The van der Waals surface area contributed by atoms with E-state index >= 15 is 0 Å². The number of nitrogens with zero attached hydrogens (tertiary/aromatic N) is 3. The SMILES string of the molecule is CC1(C)c2ccccc2-c2cc(-c3[c-]nccc3)ncc21.Cc1cnc(-c2[c-]cc(C)c(-c3ccccc3)c2)cc1C.[Ir]. The molecule has 43 heavy (non-hydrogen) atoms. The Morgan fingerprint density at radius 3 is 2.07 bits per heavy atom. The van der Waals surface area contributed by atoms with Crippen LogP contribution in [-0.2, 0) is 25.5 Å². The summed E-state index contributed by atoms with van der Waals surface area (Å²) in [6.45, 7) is 10.8. The Labute approximate surface area is 268 Å². The van der Waals surface area contributed by atoms with Crippen molar-refractivity contribution in [2.45, 2.75) is 40.0 Å². The summed E-state index contributed by atoms with van der Waals surface area (Å²) in [5.74, 6) is 0. The van der Waals surface area contributed by atoms with Gasteiger partial charge in [-0.3, -0.25) is 0 Å². The fourth-order valence-corrected chi connectivity index (χ4v) is 5.61. The molecule has 3 aromatic carbocycles. The molecule has 0 spiro atoms. The van der Waals surface area contributed by atoms with Crippen molar-refractivity contribution in [1.29, 1.82) is 0 Å². The second-order valence-electron chi connectivity index (χ2n) is 11.4. The van der Waals surface area contributed by atoms with E-state index in [2.05, 4.69) is 135 Å². The third kappa shape index (κ3) is 5.99.